The Kier molecular flexibility index (Phi) is 4.82. The molecule has 0 aliphatic carbocycles. The highest BCUT2D eigenvalue weighted by molar-refractivity contribution is 8.13. The van der Waals surface area contributed by atoms with E-state index in [1.807, 2.05) is 6.92 Å². The number of carbonyl (C=O) groups is 1. The monoisotopic (exact) mass is 365 g/mol. The van der Waals surface area contributed by atoms with Crippen LogP contribution in [0, 0.1) is 0 Å². The molecule has 1 N–H and O–H groups in total. The van der Waals surface area contributed by atoms with Gasteiger partial charge in [-0.25, -0.2) is 8.42 Å². The van der Waals surface area contributed by atoms with Crippen LogP contribution < -0.4 is 5.32 Å². The molecule has 0 saturated heterocycles. The second-order valence-electron chi connectivity index (χ2n) is 3.94. The van der Waals surface area contributed by atoms with Crippen molar-refractivity contribution >= 4 is 54.5 Å². The predicted molar refractivity (Wildman–Crippen MR) is 81.7 cm³/mol. The van der Waals surface area contributed by atoms with Crippen molar-refractivity contribution in [2.75, 3.05) is 5.32 Å². The van der Waals surface area contributed by atoms with Gasteiger partial charge in [-0.3, -0.25) is 4.79 Å². The van der Waals surface area contributed by atoms with Gasteiger partial charge in [0.1, 0.15) is 9.77 Å². The number of rotatable bonds is 4. The van der Waals surface area contributed by atoms with Gasteiger partial charge >= 0.3 is 0 Å². The van der Waals surface area contributed by atoms with Gasteiger partial charge in [0.25, 0.3) is 15.0 Å². The van der Waals surface area contributed by atoms with Crippen molar-refractivity contribution in [3.05, 3.63) is 33.8 Å². The SMILES string of the molecule is CCc1nnsc1C(=O)Nc1ccc(S(=O)(=O)Cl)c(Cl)c1. The van der Waals surface area contributed by atoms with E-state index >= 15 is 0 Å². The third kappa shape index (κ3) is 3.70. The number of nitrogens with zero attached hydrogens (tertiary/aromatic N) is 2. The molecule has 1 aromatic heterocycles. The Balaban J connectivity index is 2.25. The zero-order chi connectivity index (χ0) is 15.6. The summed E-state index contributed by atoms with van der Waals surface area (Å²) in [7, 11) is 1.31. The molecule has 1 aromatic carbocycles. The Hall–Kier alpha value is -1.22. The first-order valence-electron chi connectivity index (χ1n) is 5.69. The minimum Gasteiger partial charge on any atom is -0.321 e. The summed E-state index contributed by atoms with van der Waals surface area (Å²) >= 11 is 6.83. The van der Waals surface area contributed by atoms with E-state index in [0.717, 1.165) is 11.5 Å². The van der Waals surface area contributed by atoms with Gasteiger partial charge < -0.3 is 5.32 Å². The number of aromatic nitrogens is 2. The summed E-state index contributed by atoms with van der Waals surface area (Å²) in [6.07, 6.45) is 0.587. The number of halogens is 2. The highest BCUT2D eigenvalue weighted by Crippen LogP contribution is 2.28. The van der Waals surface area contributed by atoms with E-state index in [-0.39, 0.29) is 15.8 Å². The van der Waals surface area contributed by atoms with Gasteiger partial charge in [0.05, 0.1) is 10.7 Å². The number of hydrogen-bond donors (Lipinski definition) is 1. The Morgan fingerprint density at radius 3 is 2.71 bits per heavy atom. The van der Waals surface area contributed by atoms with E-state index in [1.54, 1.807) is 0 Å². The lowest BCUT2D eigenvalue weighted by Crippen LogP contribution is -2.12. The van der Waals surface area contributed by atoms with Crippen LogP contribution in [0.3, 0.4) is 0 Å². The van der Waals surface area contributed by atoms with Gasteiger partial charge in [0.2, 0.25) is 0 Å². The average molecular weight is 366 g/mol. The number of carbonyl (C=O) groups excluding carboxylic acids is 1. The topological polar surface area (TPSA) is 89.0 Å². The van der Waals surface area contributed by atoms with Crippen molar-refractivity contribution in [3.8, 4) is 0 Å². The molecule has 1 heterocycles. The van der Waals surface area contributed by atoms with Crippen molar-refractivity contribution in [1.29, 1.82) is 0 Å². The molecule has 112 valence electrons. The molecule has 0 spiro atoms. The van der Waals surface area contributed by atoms with E-state index in [1.165, 1.54) is 18.2 Å². The molecule has 0 aliphatic rings. The third-order valence-corrected chi connectivity index (χ3v) is 5.12. The van der Waals surface area contributed by atoms with Crippen LogP contribution >= 0.6 is 33.8 Å². The molecular weight excluding hydrogens is 357 g/mol. The van der Waals surface area contributed by atoms with Gasteiger partial charge in [-0.2, -0.15) is 0 Å². The van der Waals surface area contributed by atoms with Crippen LogP contribution in [0.1, 0.15) is 22.3 Å². The summed E-state index contributed by atoms with van der Waals surface area (Å²) in [4.78, 5) is 12.3. The lowest BCUT2D eigenvalue weighted by Gasteiger charge is -2.06. The first kappa shape index (κ1) is 16.2. The molecule has 0 atom stereocenters. The van der Waals surface area contributed by atoms with Crippen LogP contribution in [-0.2, 0) is 15.5 Å². The van der Waals surface area contributed by atoms with Gasteiger partial charge in [-0.15, -0.1) is 5.10 Å². The smallest absolute Gasteiger partial charge is 0.269 e. The second kappa shape index (κ2) is 6.27. The molecule has 6 nitrogen and oxygen atoms in total. The lowest BCUT2D eigenvalue weighted by atomic mass is 10.2. The number of amides is 1. The highest BCUT2D eigenvalue weighted by Gasteiger charge is 2.18. The van der Waals surface area contributed by atoms with Crippen LogP contribution in [0.15, 0.2) is 23.1 Å². The molecule has 0 radical (unpaired) electrons. The lowest BCUT2D eigenvalue weighted by molar-refractivity contribution is 0.102. The molecule has 10 heteroatoms. The number of nitrogens with one attached hydrogen (secondary N) is 1. The quantitative estimate of drug-likeness (QED) is 0.841. The fraction of sp³-hybridized carbons (Fsp3) is 0.182. The summed E-state index contributed by atoms with van der Waals surface area (Å²) in [6.45, 7) is 1.87. The van der Waals surface area contributed by atoms with Crippen molar-refractivity contribution < 1.29 is 13.2 Å². The largest absolute Gasteiger partial charge is 0.321 e. The Morgan fingerprint density at radius 2 is 2.14 bits per heavy atom. The van der Waals surface area contributed by atoms with Gasteiger partial charge in [-0.05, 0) is 36.2 Å². The Morgan fingerprint density at radius 1 is 1.43 bits per heavy atom. The van der Waals surface area contributed by atoms with Gasteiger partial charge in [0, 0.05) is 16.4 Å². The molecule has 21 heavy (non-hydrogen) atoms. The van der Waals surface area contributed by atoms with Crippen molar-refractivity contribution in [2.24, 2.45) is 0 Å². The van der Waals surface area contributed by atoms with Crippen molar-refractivity contribution in [2.45, 2.75) is 18.2 Å². The summed E-state index contributed by atoms with van der Waals surface area (Å²) in [6, 6.07) is 3.94. The van der Waals surface area contributed by atoms with Gasteiger partial charge in [-0.1, -0.05) is 23.0 Å². The van der Waals surface area contributed by atoms with E-state index in [4.69, 9.17) is 22.3 Å². The summed E-state index contributed by atoms with van der Waals surface area (Å²) < 4.78 is 26.2. The molecule has 0 fully saturated rings. The zero-order valence-corrected chi connectivity index (χ0v) is 13.8. The first-order valence-corrected chi connectivity index (χ1v) is 9.15. The van der Waals surface area contributed by atoms with E-state index in [9.17, 15) is 13.2 Å². The van der Waals surface area contributed by atoms with Crippen LogP contribution in [-0.4, -0.2) is 23.9 Å². The minimum absolute atomic E-state index is 0.0686. The van der Waals surface area contributed by atoms with E-state index in [2.05, 4.69) is 14.9 Å². The standard InChI is InChI=1S/C11H9Cl2N3O3S2/c1-2-8-10(20-16-15-8)11(17)14-6-3-4-9(7(12)5-6)21(13,18)19/h3-5H,2H2,1H3,(H,14,17). The highest BCUT2D eigenvalue weighted by atomic mass is 35.7. The van der Waals surface area contributed by atoms with Crippen LogP contribution in [0.4, 0.5) is 5.69 Å². The maximum Gasteiger partial charge on any atom is 0.269 e. The summed E-state index contributed by atoms with van der Waals surface area (Å²) in [5, 5.41) is 6.39. The zero-order valence-electron chi connectivity index (χ0n) is 10.6. The third-order valence-electron chi connectivity index (χ3n) is 2.55. The van der Waals surface area contributed by atoms with E-state index < -0.39 is 9.05 Å². The fourth-order valence-electron chi connectivity index (χ4n) is 1.58. The number of benzene rings is 1. The number of hydrogen-bond acceptors (Lipinski definition) is 6. The van der Waals surface area contributed by atoms with Crippen molar-refractivity contribution in [3.63, 3.8) is 0 Å². The number of anilines is 1. The number of aryl methyl sites for hydroxylation is 1. The molecule has 0 saturated carbocycles. The molecule has 2 aromatic rings. The van der Waals surface area contributed by atoms with Crippen molar-refractivity contribution in [1.82, 2.24) is 9.59 Å². The van der Waals surface area contributed by atoms with Crippen LogP contribution in [0.25, 0.3) is 0 Å². The molecule has 2 rings (SSSR count). The molecular formula is C11H9Cl2N3O3S2. The van der Waals surface area contributed by atoms with Crippen LogP contribution in [0.2, 0.25) is 5.02 Å². The molecule has 0 bridgehead atoms. The normalized spacial score (nSPS) is 11.4. The maximum absolute atomic E-state index is 12.1. The van der Waals surface area contributed by atoms with Crippen LogP contribution in [0.5, 0.6) is 0 Å². The summed E-state index contributed by atoms with van der Waals surface area (Å²) in [5.41, 5.74) is 0.952. The molecule has 0 unspecified atom stereocenters. The Bertz CT molecular complexity index is 790. The minimum atomic E-state index is -3.92. The maximum atomic E-state index is 12.1. The van der Waals surface area contributed by atoms with E-state index in [0.29, 0.717) is 22.7 Å². The average Bonchev–Trinajstić information content (AvgIpc) is 2.85. The molecule has 1 amide bonds. The fourth-order valence-corrected chi connectivity index (χ4v) is 3.75. The second-order valence-corrected chi connectivity index (χ2v) is 7.64. The predicted octanol–water partition coefficient (Wildman–Crippen LogP) is 2.93. The molecule has 0 aliphatic heterocycles. The first-order chi connectivity index (χ1) is 9.82. The van der Waals surface area contributed by atoms with Gasteiger partial charge in [0.15, 0.2) is 0 Å². The summed E-state index contributed by atoms with van der Waals surface area (Å²) in [5.74, 6) is -0.376. The Labute approximate surface area is 134 Å².